The van der Waals surface area contributed by atoms with Crippen molar-refractivity contribution in [2.24, 2.45) is 0 Å². The molecule has 0 aliphatic carbocycles. The zero-order valence-electron chi connectivity index (χ0n) is 11.0. The van der Waals surface area contributed by atoms with Gasteiger partial charge >= 0.3 is 0 Å². The molecule has 0 aliphatic heterocycles. The zero-order chi connectivity index (χ0) is 14.7. The molecule has 2 aromatic rings. The van der Waals surface area contributed by atoms with Crippen LogP contribution in [0.5, 0.6) is 0 Å². The first-order valence-corrected chi connectivity index (χ1v) is 7.33. The lowest BCUT2D eigenvalue weighted by atomic mass is 10.2. The van der Waals surface area contributed by atoms with Crippen LogP contribution in [0, 0.1) is 3.57 Å². The Morgan fingerprint density at radius 1 is 1.35 bits per heavy atom. The predicted molar refractivity (Wildman–Crippen MR) is 90.7 cm³/mol. The van der Waals surface area contributed by atoms with Gasteiger partial charge in [-0.25, -0.2) is 4.98 Å². The number of carbonyl (C=O) groups is 1. The fraction of sp³-hybridized carbons (Fsp3) is 0.143. The van der Waals surface area contributed by atoms with Crippen molar-refractivity contribution < 1.29 is 4.79 Å². The molecule has 4 nitrogen and oxygen atoms in total. The van der Waals surface area contributed by atoms with Gasteiger partial charge in [-0.3, -0.25) is 4.79 Å². The molecule has 0 radical (unpaired) electrons. The molecule has 0 fully saturated rings. The summed E-state index contributed by atoms with van der Waals surface area (Å²) in [5, 5.41) is 3.49. The normalized spacial score (nSPS) is 10.2. The van der Waals surface area contributed by atoms with Crippen molar-refractivity contribution in [2.45, 2.75) is 0 Å². The first kappa shape index (κ1) is 15.1. The summed E-state index contributed by atoms with van der Waals surface area (Å²) in [5.74, 6) is 0.534. The molecule has 104 valence electrons. The second-order valence-electron chi connectivity index (χ2n) is 4.35. The number of hydrogen-bond donors (Lipinski definition) is 1. The van der Waals surface area contributed by atoms with Gasteiger partial charge in [0.05, 0.1) is 11.3 Å². The summed E-state index contributed by atoms with van der Waals surface area (Å²) < 4.78 is 0.808. The van der Waals surface area contributed by atoms with E-state index in [1.54, 1.807) is 30.5 Å². The van der Waals surface area contributed by atoms with E-state index in [-0.39, 0.29) is 5.91 Å². The van der Waals surface area contributed by atoms with Gasteiger partial charge < -0.3 is 10.2 Å². The number of nitrogens with zero attached hydrogens (tertiary/aromatic N) is 2. The van der Waals surface area contributed by atoms with Gasteiger partial charge in [-0.2, -0.15) is 0 Å². The molecular weight excluding hydrogens is 389 g/mol. The van der Waals surface area contributed by atoms with E-state index in [0.29, 0.717) is 22.1 Å². The van der Waals surface area contributed by atoms with Crippen LogP contribution in [-0.2, 0) is 0 Å². The summed E-state index contributed by atoms with van der Waals surface area (Å²) >= 11 is 7.99. The zero-order valence-corrected chi connectivity index (χ0v) is 13.9. The minimum Gasteiger partial charge on any atom is -0.361 e. The highest BCUT2D eigenvalue weighted by Crippen LogP contribution is 2.23. The van der Waals surface area contributed by atoms with Crippen LogP contribution in [0.1, 0.15) is 10.4 Å². The van der Waals surface area contributed by atoms with Crippen LogP contribution in [-0.4, -0.2) is 25.0 Å². The Balaban J connectivity index is 2.28. The second kappa shape index (κ2) is 6.41. The lowest BCUT2D eigenvalue weighted by molar-refractivity contribution is 0.102. The van der Waals surface area contributed by atoms with Gasteiger partial charge in [-0.05, 0) is 52.9 Å². The van der Waals surface area contributed by atoms with Gasteiger partial charge in [0.25, 0.3) is 5.91 Å². The highest BCUT2D eigenvalue weighted by molar-refractivity contribution is 14.1. The van der Waals surface area contributed by atoms with Crippen molar-refractivity contribution in [3.8, 4) is 0 Å². The molecule has 20 heavy (non-hydrogen) atoms. The molecule has 1 amide bonds. The molecule has 0 aliphatic rings. The molecule has 6 heteroatoms. The van der Waals surface area contributed by atoms with Gasteiger partial charge in [0.15, 0.2) is 5.82 Å². The van der Waals surface area contributed by atoms with Crippen LogP contribution >= 0.6 is 34.2 Å². The van der Waals surface area contributed by atoms with Gasteiger partial charge in [0.2, 0.25) is 0 Å². The number of aromatic nitrogens is 1. The van der Waals surface area contributed by atoms with Gasteiger partial charge in [0, 0.05) is 28.9 Å². The fourth-order valence-electron chi connectivity index (χ4n) is 1.71. The number of nitrogens with one attached hydrogen (secondary N) is 1. The molecule has 0 atom stereocenters. The predicted octanol–water partition coefficient (Wildman–Crippen LogP) is 3.66. The highest BCUT2D eigenvalue weighted by atomic mass is 127. The van der Waals surface area contributed by atoms with Crippen LogP contribution in [0.4, 0.5) is 11.5 Å². The van der Waals surface area contributed by atoms with Gasteiger partial charge in [-0.1, -0.05) is 11.6 Å². The molecule has 0 spiro atoms. The molecule has 0 unspecified atom stereocenters. The maximum atomic E-state index is 12.3. The largest absolute Gasteiger partial charge is 0.361 e. The number of anilines is 2. The number of halogens is 2. The van der Waals surface area contributed by atoms with Crippen molar-refractivity contribution in [2.75, 3.05) is 24.3 Å². The lowest BCUT2D eigenvalue weighted by Crippen LogP contribution is -2.18. The molecule has 2 rings (SSSR count). The minimum absolute atomic E-state index is 0.179. The third-order valence-electron chi connectivity index (χ3n) is 2.63. The molecule has 1 N–H and O–H groups in total. The highest BCUT2D eigenvalue weighted by Gasteiger charge is 2.13. The van der Waals surface area contributed by atoms with E-state index in [9.17, 15) is 4.79 Å². The van der Waals surface area contributed by atoms with Gasteiger partial charge in [-0.15, -0.1) is 0 Å². The quantitative estimate of drug-likeness (QED) is 0.799. The van der Waals surface area contributed by atoms with Crippen LogP contribution in [0.15, 0.2) is 36.5 Å². The molecule has 0 saturated heterocycles. The third-order valence-corrected chi connectivity index (χ3v) is 3.76. The average molecular weight is 402 g/mol. The first-order valence-electron chi connectivity index (χ1n) is 5.88. The Morgan fingerprint density at radius 3 is 2.75 bits per heavy atom. The van der Waals surface area contributed by atoms with Crippen molar-refractivity contribution in [1.82, 2.24) is 4.98 Å². The second-order valence-corrected chi connectivity index (χ2v) is 5.95. The van der Waals surface area contributed by atoms with Crippen LogP contribution in [0.2, 0.25) is 5.02 Å². The number of benzene rings is 1. The van der Waals surface area contributed by atoms with E-state index < -0.39 is 0 Å². The van der Waals surface area contributed by atoms with E-state index in [4.69, 9.17) is 11.6 Å². The topological polar surface area (TPSA) is 45.2 Å². The smallest absolute Gasteiger partial charge is 0.256 e. The van der Waals surface area contributed by atoms with E-state index in [1.807, 2.05) is 25.1 Å². The summed E-state index contributed by atoms with van der Waals surface area (Å²) in [5.41, 5.74) is 1.26. The van der Waals surface area contributed by atoms with Crippen molar-refractivity contribution in [3.05, 3.63) is 50.7 Å². The van der Waals surface area contributed by atoms with Crippen molar-refractivity contribution in [1.29, 1.82) is 0 Å². The monoisotopic (exact) mass is 401 g/mol. The molecule has 1 aromatic carbocycles. The van der Waals surface area contributed by atoms with Crippen molar-refractivity contribution in [3.63, 3.8) is 0 Å². The summed E-state index contributed by atoms with van der Waals surface area (Å²) in [7, 11) is 3.76. The Hall–Kier alpha value is -1.34. The molecule has 1 aromatic heterocycles. The fourth-order valence-corrected chi connectivity index (χ4v) is 2.83. The van der Waals surface area contributed by atoms with Crippen LogP contribution in [0.3, 0.4) is 0 Å². The summed E-state index contributed by atoms with van der Waals surface area (Å²) in [6.45, 7) is 0. The maximum absolute atomic E-state index is 12.3. The lowest BCUT2D eigenvalue weighted by Gasteiger charge is -2.16. The average Bonchev–Trinajstić information content (AvgIpc) is 2.38. The first-order chi connectivity index (χ1) is 9.49. The summed E-state index contributed by atoms with van der Waals surface area (Å²) in [4.78, 5) is 18.4. The Morgan fingerprint density at radius 2 is 2.10 bits per heavy atom. The molecular formula is C14H13ClIN3O. The molecule has 1 heterocycles. The van der Waals surface area contributed by atoms with Crippen LogP contribution < -0.4 is 10.2 Å². The minimum atomic E-state index is -0.179. The van der Waals surface area contributed by atoms with Crippen molar-refractivity contribution >= 4 is 51.6 Å². The number of rotatable bonds is 3. The molecule has 0 bridgehead atoms. The van der Waals surface area contributed by atoms with Gasteiger partial charge in [0.1, 0.15) is 0 Å². The number of pyridine rings is 1. The summed E-state index contributed by atoms with van der Waals surface area (Å²) in [6, 6.07) is 8.78. The Labute approximate surface area is 136 Å². The third kappa shape index (κ3) is 3.40. The SMILES string of the molecule is CN(C)c1ncccc1NC(=O)c1ccc(Cl)cc1I. The molecule has 0 saturated carbocycles. The van der Waals surface area contributed by atoms with E-state index in [1.165, 1.54) is 0 Å². The summed E-state index contributed by atoms with van der Waals surface area (Å²) in [6.07, 6.45) is 1.69. The van der Waals surface area contributed by atoms with Crippen LogP contribution in [0.25, 0.3) is 0 Å². The number of carbonyl (C=O) groups excluding carboxylic acids is 1. The maximum Gasteiger partial charge on any atom is 0.256 e. The van der Waals surface area contributed by atoms with E-state index in [2.05, 4.69) is 32.9 Å². The van der Waals surface area contributed by atoms with E-state index in [0.717, 1.165) is 3.57 Å². The van der Waals surface area contributed by atoms with E-state index >= 15 is 0 Å². The standard InChI is InChI=1S/C14H13ClIN3O/c1-19(2)13-12(4-3-7-17-13)18-14(20)10-6-5-9(15)8-11(10)16/h3-8H,1-2H3,(H,18,20). The number of hydrogen-bond acceptors (Lipinski definition) is 3. The Kier molecular flexibility index (Phi) is 4.82. The Bertz CT molecular complexity index is 646. The number of amides is 1.